The van der Waals surface area contributed by atoms with E-state index in [4.69, 9.17) is 9.84 Å². The molecule has 1 saturated heterocycles. The maximum Gasteiger partial charge on any atom is 0.334 e. The Morgan fingerprint density at radius 3 is 2.95 bits per heavy atom. The molecule has 7 heteroatoms. The van der Waals surface area contributed by atoms with Gasteiger partial charge >= 0.3 is 5.97 Å². The summed E-state index contributed by atoms with van der Waals surface area (Å²) < 4.78 is 7.16. The zero-order valence-corrected chi connectivity index (χ0v) is 12.2. The van der Waals surface area contributed by atoms with Crippen molar-refractivity contribution < 1.29 is 19.4 Å². The normalized spacial score (nSPS) is 22.0. The number of imidazole rings is 1. The van der Waals surface area contributed by atoms with Gasteiger partial charge in [-0.15, -0.1) is 0 Å². The molecule has 0 aromatic carbocycles. The average molecular weight is 303 g/mol. The standard InChI is InChI=1S/C15H17N3O4/c1-10-7-18(9-12(22-10)15(20)21)14(19)6-11-8-17-5-3-2-4-13(17)16-11/h2-5,8,10,12H,6-7,9H2,1H3,(H,20,21)/t10-,12?/m1/s1. The van der Waals surface area contributed by atoms with Gasteiger partial charge in [-0.1, -0.05) is 6.07 Å². The zero-order chi connectivity index (χ0) is 15.7. The fourth-order valence-corrected chi connectivity index (χ4v) is 2.63. The van der Waals surface area contributed by atoms with Gasteiger partial charge in [0.05, 0.1) is 24.8 Å². The van der Waals surface area contributed by atoms with Crippen molar-refractivity contribution in [1.82, 2.24) is 14.3 Å². The Kier molecular flexibility index (Phi) is 3.81. The molecule has 0 bridgehead atoms. The van der Waals surface area contributed by atoms with Gasteiger partial charge in [0.25, 0.3) is 0 Å². The van der Waals surface area contributed by atoms with Gasteiger partial charge in [-0.25, -0.2) is 9.78 Å². The third-order valence-corrected chi connectivity index (χ3v) is 3.63. The number of fused-ring (bicyclic) bond motifs is 1. The highest BCUT2D eigenvalue weighted by Crippen LogP contribution is 2.14. The maximum absolute atomic E-state index is 12.4. The van der Waals surface area contributed by atoms with E-state index in [0.717, 1.165) is 5.65 Å². The quantitative estimate of drug-likeness (QED) is 0.896. The third-order valence-electron chi connectivity index (χ3n) is 3.63. The van der Waals surface area contributed by atoms with E-state index >= 15 is 0 Å². The van der Waals surface area contributed by atoms with Crippen LogP contribution in [0.3, 0.4) is 0 Å². The topological polar surface area (TPSA) is 84.1 Å². The molecule has 0 saturated carbocycles. The van der Waals surface area contributed by atoms with E-state index in [9.17, 15) is 9.59 Å². The molecular weight excluding hydrogens is 286 g/mol. The Bertz CT molecular complexity index is 679. The van der Waals surface area contributed by atoms with Gasteiger partial charge in [0.1, 0.15) is 5.65 Å². The number of carbonyl (C=O) groups is 2. The van der Waals surface area contributed by atoms with E-state index in [1.54, 1.807) is 6.92 Å². The third kappa shape index (κ3) is 2.94. The first kappa shape index (κ1) is 14.5. The van der Waals surface area contributed by atoms with Gasteiger partial charge in [0.15, 0.2) is 6.10 Å². The predicted molar refractivity (Wildman–Crippen MR) is 77.4 cm³/mol. The molecule has 3 rings (SSSR count). The monoisotopic (exact) mass is 303 g/mol. The number of ether oxygens (including phenoxy) is 1. The molecule has 1 unspecified atom stereocenters. The number of carbonyl (C=O) groups excluding carboxylic acids is 1. The van der Waals surface area contributed by atoms with Crippen LogP contribution in [0, 0.1) is 0 Å². The Balaban J connectivity index is 1.71. The summed E-state index contributed by atoms with van der Waals surface area (Å²) in [5.74, 6) is -1.18. The summed E-state index contributed by atoms with van der Waals surface area (Å²) >= 11 is 0. The smallest absolute Gasteiger partial charge is 0.334 e. The van der Waals surface area contributed by atoms with Crippen LogP contribution >= 0.6 is 0 Å². The minimum Gasteiger partial charge on any atom is -0.479 e. The SMILES string of the molecule is C[C@@H]1CN(C(=O)Cc2cn3ccccc3n2)CC(C(=O)O)O1. The van der Waals surface area contributed by atoms with Crippen molar-refractivity contribution in [1.29, 1.82) is 0 Å². The highest BCUT2D eigenvalue weighted by molar-refractivity contribution is 5.80. The summed E-state index contributed by atoms with van der Waals surface area (Å²) in [4.78, 5) is 29.4. The van der Waals surface area contributed by atoms with Gasteiger partial charge in [0.2, 0.25) is 5.91 Å². The minimum atomic E-state index is -1.04. The highest BCUT2D eigenvalue weighted by atomic mass is 16.5. The van der Waals surface area contributed by atoms with Crippen LogP contribution in [0.1, 0.15) is 12.6 Å². The van der Waals surface area contributed by atoms with E-state index < -0.39 is 12.1 Å². The average Bonchev–Trinajstić information content (AvgIpc) is 2.88. The number of morpholine rings is 1. The fraction of sp³-hybridized carbons (Fsp3) is 0.400. The molecule has 22 heavy (non-hydrogen) atoms. The molecule has 7 nitrogen and oxygen atoms in total. The molecule has 2 atom stereocenters. The summed E-state index contributed by atoms with van der Waals surface area (Å²) in [6.45, 7) is 2.24. The fourth-order valence-electron chi connectivity index (χ4n) is 2.63. The second kappa shape index (κ2) is 5.76. The first-order valence-corrected chi connectivity index (χ1v) is 7.11. The second-order valence-corrected chi connectivity index (χ2v) is 5.45. The van der Waals surface area contributed by atoms with Crippen LogP contribution in [0.4, 0.5) is 0 Å². The molecule has 2 aromatic rings. The number of aromatic nitrogens is 2. The van der Waals surface area contributed by atoms with Crippen molar-refractivity contribution in [2.75, 3.05) is 13.1 Å². The molecule has 2 aromatic heterocycles. The van der Waals surface area contributed by atoms with Crippen LogP contribution in [0.5, 0.6) is 0 Å². The van der Waals surface area contributed by atoms with Crippen molar-refractivity contribution in [2.24, 2.45) is 0 Å². The first-order chi connectivity index (χ1) is 10.5. The van der Waals surface area contributed by atoms with Gasteiger partial charge in [0, 0.05) is 18.9 Å². The molecular formula is C15H17N3O4. The number of nitrogens with zero attached hydrogens (tertiary/aromatic N) is 3. The summed E-state index contributed by atoms with van der Waals surface area (Å²) in [5, 5.41) is 9.06. The molecule has 116 valence electrons. The number of pyridine rings is 1. The van der Waals surface area contributed by atoms with E-state index in [1.165, 1.54) is 4.90 Å². The lowest BCUT2D eigenvalue weighted by Crippen LogP contribution is -2.52. The number of rotatable bonds is 3. The maximum atomic E-state index is 12.4. The molecule has 0 spiro atoms. The summed E-state index contributed by atoms with van der Waals surface area (Å²) in [5.41, 5.74) is 1.45. The number of aliphatic carboxylic acids is 1. The second-order valence-electron chi connectivity index (χ2n) is 5.45. The van der Waals surface area contributed by atoms with E-state index in [2.05, 4.69) is 4.98 Å². The Hall–Kier alpha value is -2.41. The number of amides is 1. The Morgan fingerprint density at radius 2 is 2.23 bits per heavy atom. The lowest BCUT2D eigenvalue weighted by molar-refractivity contribution is -0.166. The van der Waals surface area contributed by atoms with Crippen molar-refractivity contribution in [2.45, 2.75) is 25.6 Å². The number of carboxylic acid groups (broad SMARTS) is 1. The number of hydrogen-bond acceptors (Lipinski definition) is 4. The van der Waals surface area contributed by atoms with Gasteiger partial charge in [-0.3, -0.25) is 4.79 Å². The highest BCUT2D eigenvalue weighted by Gasteiger charge is 2.32. The molecule has 1 fully saturated rings. The van der Waals surface area contributed by atoms with E-state index in [-0.39, 0.29) is 25.0 Å². The van der Waals surface area contributed by atoms with Crippen LogP contribution in [-0.4, -0.2) is 56.6 Å². The molecule has 1 aliphatic heterocycles. The zero-order valence-electron chi connectivity index (χ0n) is 12.2. The van der Waals surface area contributed by atoms with Crippen molar-refractivity contribution in [3.63, 3.8) is 0 Å². The summed E-state index contributed by atoms with van der Waals surface area (Å²) in [6.07, 6.45) is 2.58. The molecule has 0 aliphatic carbocycles. The van der Waals surface area contributed by atoms with Gasteiger partial charge in [-0.2, -0.15) is 0 Å². The van der Waals surface area contributed by atoms with E-state index in [0.29, 0.717) is 12.2 Å². The lowest BCUT2D eigenvalue weighted by atomic mass is 10.2. The molecule has 1 amide bonds. The van der Waals surface area contributed by atoms with Crippen LogP contribution in [-0.2, 0) is 20.7 Å². The molecule has 1 N–H and O–H groups in total. The van der Waals surface area contributed by atoms with Crippen LogP contribution in [0.25, 0.3) is 5.65 Å². The summed E-state index contributed by atoms with van der Waals surface area (Å²) in [6, 6.07) is 5.64. The molecule has 3 heterocycles. The molecule has 1 aliphatic rings. The van der Waals surface area contributed by atoms with Crippen LogP contribution in [0.15, 0.2) is 30.6 Å². The van der Waals surface area contributed by atoms with Crippen molar-refractivity contribution in [3.8, 4) is 0 Å². The Morgan fingerprint density at radius 1 is 1.41 bits per heavy atom. The Labute approximate surface area is 127 Å². The van der Waals surface area contributed by atoms with Crippen molar-refractivity contribution >= 4 is 17.5 Å². The first-order valence-electron chi connectivity index (χ1n) is 7.11. The van der Waals surface area contributed by atoms with Crippen molar-refractivity contribution in [3.05, 3.63) is 36.3 Å². The number of hydrogen-bond donors (Lipinski definition) is 1. The summed E-state index contributed by atoms with van der Waals surface area (Å²) in [7, 11) is 0. The predicted octanol–water partition coefficient (Wildman–Crippen LogP) is 0.577. The largest absolute Gasteiger partial charge is 0.479 e. The lowest BCUT2D eigenvalue weighted by Gasteiger charge is -2.34. The van der Waals surface area contributed by atoms with Gasteiger partial charge < -0.3 is 19.1 Å². The molecule has 0 radical (unpaired) electrons. The van der Waals surface area contributed by atoms with Gasteiger partial charge in [-0.05, 0) is 19.1 Å². The number of carboxylic acids is 1. The van der Waals surface area contributed by atoms with E-state index in [1.807, 2.05) is 35.0 Å². The van der Waals surface area contributed by atoms with Crippen LogP contribution in [0.2, 0.25) is 0 Å². The van der Waals surface area contributed by atoms with Crippen LogP contribution < -0.4 is 0 Å². The minimum absolute atomic E-state index is 0.0753.